The first kappa shape index (κ1) is 20.6. The van der Waals surface area contributed by atoms with Crippen molar-refractivity contribution in [3.63, 3.8) is 0 Å². The Morgan fingerprint density at radius 3 is 2.19 bits per heavy atom. The van der Waals surface area contributed by atoms with Crippen LogP contribution in [0.2, 0.25) is 0 Å². The number of carbonyl (C=O) groups excluding carboxylic acids is 1. The number of hydrogen-bond acceptors (Lipinski definition) is 4. The summed E-state index contributed by atoms with van der Waals surface area (Å²) in [7, 11) is -3.96. The van der Waals surface area contributed by atoms with Crippen LogP contribution in [-0.2, 0) is 19.1 Å². The van der Waals surface area contributed by atoms with Crippen LogP contribution < -0.4 is 0 Å². The van der Waals surface area contributed by atoms with Crippen LogP contribution in [0.1, 0.15) is 51.9 Å². The molecule has 0 amide bonds. The average Bonchev–Trinajstić information content (AvgIpc) is 2.43. The monoisotopic (exact) mass is 321 g/mol. The number of carbonyl (C=O) groups is 1. The Bertz CT molecular complexity index is 500. The summed E-state index contributed by atoms with van der Waals surface area (Å²) in [4.78, 5) is 11.5. The van der Waals surface area contributed by atoms with Crippen molar-refractivity contribution in [2.24, 2.45) is 0 Å². The SMILES string of the molecule is CCCCCCCCC(=O)OS(=O)(=O)c1ccccc1.[Na]. The van der Waals surface area contributed by atoms with E-state index in [4.69, 9.17) is 0 Å². The van der Waals surface area contributed by atoms with Gasteiger partial charge in [0.25, 0.3) is 0 Å². The third-order valence-electron chi connectivity index (χ3n) is 2.97. The molecule has 0 aliphatic rings. The van der Waals surface area contributed by atoms with Crippen molar-refractivity contribution in [3.05, 3.63) is 30.3 Å². The van der Waals surface area contributed by atoms with Crippen molar-refractivity contribution in [3.8, 4) is 0 Å². The fourth-order valence-electron chi connectivity index (χ4n) is 1.85. The number of rotatable bonds is 9. The summed E-state index contributed by atoms with van der Waals surface area (Å²) in [5, 5.41) is 0. The molecule has 1 radical (unpaired) electrons. The van der Waals surface area contributed by atoms with Gasteiger partial charge in [-0.2, -0.15) is 8.42 Å². The fraction of sp³-hybridized carbons (Fsp3) is 0.533. The quantitative estimate of drug-likeness (QED) is 0.398. The van der Waals surface area contributed by atoms with Gasteiger partial charge in [-0.05, 0) is 18.6 Å². The predicted molar refractivity (Wildman–Crippen MR) is 83.5 cm³/mol. The second-order valence-electron chi connectivity index (χ2n) is 4.74. The zero-order valence-electron chi connectivity index (χ0n) is 12.9. The molecule has 0 unspecified atom stereocenters. The van der Waals surface area contributed by atoms with Gasteiger partial charge in [0.15, 0.2) is 0 Å². The van der Waals surface area contributed by atoms with Crippen LogP contribution >= 0.6 is 0 Å². The zero-order valence-corrected chi connectivity index (χ0v) is 15.7. The number of unbranched alkanes of at least 4 members (excludes halogenated alkanes) is 5. The van der Waals surface area contributed by atoms with Crippen LogP contribution in [0.3, 0.4) is 0 Å². The summed E-state index contributed by atoms with van der Waals surface area (Å²) in [6, 6.07) is 7.71. The molecular formula is C15H22NaO4S. The molecule has 1 aromatic rings. The first-order valence-corrected chi connectivity index (χ1v) is 8.49. The molecule has 0 aromatic heterocycles. The topological polar surface area (TPSA) is 60.4 Å². The molecule has 1 aromatic carbocycles. The maximum atomic E-state index is 11.8. The van der Waals surface area contributed by atoms with E-state index in [2.05, 4.69) is 11.1 Å². The Balaban J connectivity index is 0.00000400. The normalized spacial score (nSPS) is 10.7. The van der Waals surface area contributed by atoms with E-state index < -0.39 is 16.1 Å². The minimum absolute atomic E-state index is 0. The third kappa shape index (κ3) is 8.61. The zero-order chi connectivity index (χ0) is 14.8. The minimum atomic E-state index is -3.96. The van der Waals surface area contributed by atoms with Gasteiger partial charge in [0.2, 0.25) is 0 Å². The van der Waals surface area contributed by atoms with E-state index in [1.165, 1.54) is 25.0 Å². The number of benzene rings is 1. The van der Waals surface area contributed by atoms with Gasteiger partial charge in [0, 0.05) is 36.0 Å². The van der Waals surface area contributed by atoms with Crippen LogP contribution in [0.15, 0.2) is 35.2 Å². The van der Waals surface area contributed by atoms with Gasteiger partial charge in [-0.1, -0.05) is 57.2 Å². The first-order chi connectivity index (χ1) is 9.56. The smallest absolute Gasteiger partial charge is 0.341 e. The maximum absolute atomic E-state index is 11.8. The van der Waals surface area contributed by atoms with Crippen molar-refractivity contribution < 1.29 is 17.4 Å². The van der Waals surface area contributed by atoms with Crippen molar-refractivity contribution in [1.29, 1.82) is 0 Å². The second kappa shape index (κ2) is 11.2. The molecule has 0 saturated heterocycles. The summed E-state index contributed by atoms with van der Waals surface area (Å²) >= 11 is 0. The van der Waals surface area contributed by atoms with Gasteiger partial charge in [-0.25, -0.2) is 0 Å². The second-order valence-corrected chi connectivity index (χ2v) is 6.29. The predicted octanol–water partition coefficient (Wildman–Crippen LogP) is 3.29. The molecule has 0 N–H and O–H groups in total. The van der Waals surface area contributed by atoms with Crippen molar-refractivity contribution in [2.45, 2.75) is 56.8 Å². The first-order valence-electron chi connectivity index (χ1n) is 7.08. The Labute approximate surface area is 149 Å². The molecule has 0 saturated carbocycles. The van der Waals surface area contributed by atoms with E-state index >= 15 is 0 Å². The molecule has 6 heteroatoms. The molecule has 0 atom stereocenters. The molecule has 0 bridgehead atoms. The van der Waals surface area contributed by atoms with Crippen molar-refractivity contribution in [2.75, 3.05) is 0 Å². The van der Waals surface area contributed by atoms with E-state index in [9.17, 15) is 13.2 Å². The molecule has 0 aliphatic heterocycles. The van der Waals surface area contributed by atoms with Gasteiger partial charge >= 0.3 is 16.1 Å². The van der Waals surface area contributed by atoms with Gasteiger partial charge < -0.3 is 4.18 Å². The van der Waals surface area contributed by atoms with Gasteiger partial charge in [0.1, 0.15) is 4.90 Å². The Kier molecular flexibility index (Phi) is 11.0. The maximum Gasteiger partial charge on any atom is 0.341 e. The summed E-state index contributed by atoms with van der Waals surface area (Å²) in [6.07, 6.45) is 6.37. The number of hydrogen-bond donors (Lipinski definition) is 0. The summed E-state index contributed by atoms with van der Waals surface area (Å²) < 4.78 is 28.1. The van der Waals surface area contributed by atoms with E-state index in [-0.39, 0.29) is 40.9 Å². The summed E-state index contributed by atoms with van der Waals surface area (Å²) in [6.45, 7) is 2.14. The fourth-order valence-corrected chi connectivity index (χ4v) is 2.76. The van der Waals surface area contributed by atoms with E-state index in [0.29, 0.717) is 6.42 Å². The Morgan fingerprint density at radius 1 is 1.00 bits per heavy atom. The van der Waals surface area contributed by atoms with Crippen LogP contribution in [-0.4, -0.2) is 43.9 Å². The Hall–Kier alpha value is -0.360. The summed E-state index contributed by atoms with van der Waals surface area (Å²) in [5.74, 6) is -0.677. The van der Waals surface area contributed by atoms with Gasteiger partial charge in [0.05, 0.1) is 0 Å². The average molecular weight is 321 g/mol. The third-order valence-corrected chi connectivity index (χ3v) is 4.22. The van der Waals surface area contributed by atoms with Crippen molar-refractivity contribution in [1.82, 2.24) is 0 Å². The largest absolute Gasteiger partial charge is 0.342 e. The van der Waals surface area contributed by atoms with E-state index in [0.717, 1.165) is 19.3 Å². The molecule has 0 spiro atoms. The van der Waals surface area contributed by atoms with Crippen LogP contribution in [0.4, 0.5) is 0 Å². The van der Waals surface area contributed by atoms with E-state index in [1.54, 1.807) is 18.2 Å². The minimum Gasteiger partial charge on any atom is -0.342 e. The van der Waals surface area contributed by atoms with Crippen molar-refractivity contribution >= 4 is 45.6 Å². The van der Waals surface area contributed by atoms with Gasteiger partial charge in [-0.3, -0.25) is 4.79 Å². The van der Waals surface area contributed by atoms with Crippen LogP contribution in [0.25, 0.3) is 0 Å². The Morgan fingerprint density at radius 2 is 1.57 bits per heavy atom. The molecular weight excluding hydrogens is 299 g/mol. The van der Waals surface area contributed by atoms with Gasteiger partial charge in [-0.15, -0.1) is 0 Å². The molecule has 1 rings (SSSR count). The van der Waals surface area contributed by atoms with Crippen LogP contribution in [0.5, 0.6) is 0 Å². The molecule has 21 heavy (non-hydrogen) atoms. The molecule has 0 aliphatic carbocycles. The summed E-state index contributed by atoms with van der Waals surface area (Å²) in [5.41, 5.74) is 0. The standard InChI is InChI=1S/C15H22O4S.Na/c1-2-3-4-5-6-10-13-15(16)19-20(17,18)14-11-8-7-9-12-14;/h7-9,11-12H,2-6,10,13H2,1H3;. The van der Waals surface area contributed by atoms with E-state index in [1.807, 2.05) is 0 Å². The molecule has 4 nitrogen and oxygen atoms in total. The van der Waals surface area contributed by atoms with Crippen LogP contribution in [0, 0.1) is 0 Å². The molecule has 113 valence electrons. The molecule has 0 heterocycles. The molecule has 0 fully saturated rings.